The van der Waals surface area contributed by atoms with Crippen LogP contribution in [0.15, 0.2) is 0 Å². The summed E-state index contributed by atoms with van der Waals surface area (Å²) < 4.78 is 0. The lowest BCUT2D eigenvalue weighted by Gasteiger charge is -2.25. The van der Waals surface area contributed by atoms with Crippen molar-refractivity contribution in [3.05, 3.63) is 0 Å². The number of rotatable bonds is 4. The Hall–Kier alpha value is 0.150. The van der Waals surface area contributed by atoms with E-state index in [4.69, 9.17) is 10.2 Å². The van der Waals surface area contributed by atoms with Gasteiger partial charge in [-0.05, 0) is 0 Å². The van der Waals surface area contributed by atoms with Crippen LogP contribution in [0.5, 0.6) is 0 Å². The van der Waals surface area contributed by atoms with Gasteiger partial charge in [-0.3, -0.25) is 0 Å². The van der Waals surface area contributed by atoms with Gasteiger partial charge >= 0.3 is 0 Å². The van der Waals surface area contributed by atoms with Gasteiger partial charge in [0.05, 0.1) is 12.0 Å². The van der Waals surface area contributed by atoms with E-state index in [9.17, 15) is 10.2 Å². The second kappa shape index (κ2) is 5.14. The van der Waals surface area contributed by atoms with Crippen LogP contribution in [-0.2, 0) is 0 Å². The Labute approximate surface area is 80.8 Å². The Bertz CT molecular complexity index is 153. The monoisotopic (exact) mass is 209 g/mol. The average Bonchev–Trinajstić information content (AvgIpc) is 2.67. The van der Waals surface area contributed by atoms with Crippen LogP contribution in [-0.4, -0.2) is 63.0 Å². The highest BCUT2D eigenvalue weighted by Crippen LogP contribution is 2.20. The molecule has 1 saturated heterocycles. The Balaban J connectivity index is 2.40. The molecule has 0 spiro atoms. The van der Waals surface area contributed by atoms with Crippen molar-refractivity contribution >= 4 is 11.8 Å². The molecule has 5 N–H and O–H groups in total. The molecule has 0 amide bonds. The SMILES string of the molecule is OC[C@@H](O)[C@@H](O)[C@H](O)[C@H]1NCCS1. The minimum atomic E-state index is -1.30. The molecule has 78 valence electrons. The van der Waals surface area contributed by atoms with Gasteiger partial charge in [-0.1, -0.05) is 0 Å². The van der Waals surface area contributed by atoms with Crippen molar-refractivity contribution in [3.63, 3.8) is 0 Å². The number of hydrogen-bond donors (Lipinski definition) is 5. The summed E-state index contributed by atoms with van der Waals surface area (Å²) in [6.07, 6.45) is -3.62. The minimum absolute atomic E-state index is 0.254. The first-order chi connectivity index (χ1) is 6.16. The van der Waals surface area contributed by atoms with Crippen molar-refractivity contribution in [1.29, 1.82) is 0 Å². The normalized spacial score (nSPS) is 30.0. The molecule has 0 saturated carbocycles. The van der Waals surface area contributed by atoms with Crippen LogP contribution in [0.2, 0.25) is 0 Å². The van der Waals surface area contributed by atoms with Crippen LogP contribution in [0.3, 0.4) is 0 Å². The third-order valence-electron chi connectivity index (χ3n) is 1.99. The van der Waals surface area contributed by atoms with Gasteiger partial charge in [-0.25, -0.2) is 0 Å². The fraction of sp³-hybridized carbons (Fsp3) is 1.00. The number of hydrogen-bond acceptors (Lipinski definition) is 6. The van der Waals surface area contributed by atoms with Gasteiger partial charge in [0, 0.05) is 12.3 Å². The molecule has 1 rings (SSSR count). The molecule has 1 fully saturated rings. The topological polar surface area (TPSA) is 93.0 Å². The molecule has 1 heterocycles. The summed E-state index contributed by atoms with van der Waals surface area (Å²) in [7, 11) is 0. The van der Waals surface area contributed by atoms with E-state index in [1.165, 1.54) is 11.8 Å². The molecular weight excluding hydrogens is 194 g/mol. The predicted octanol–water partition coefficient (Wildman–Crippen LogP) is -2.28. The second-order valence-electron chi connectivity index (χ2n) is 2.98. The molecule has 0 aromatic carbocycles. The van der Waals surface area contributed by atoms with E-state index in [0.29, 0.717) is 0 Å². The maximum atomic E-state index is 9.51. The molecule has 1 aliphatic rings. The molecule has 0 unspecified atom stereocenters. The number of thioether (sulfide) groups is 1. The first-order valence-corrected chi connectivity index (χ1v) is 5.21. The van der Waals surface area contributed by atoms with Crippen LogP contribution in [0.25, 0.3) is 0 Å². The third-order valence-corrected chi connectivity index (χ3v) is 3.23. The van der Waals surface area contributed by atoms with Crippen molar-refractivity contribution in [3.8, 4) is 0 Å². The fourth-order valence-corrected chi connectivity index (χ4v) is 2.26. The van der Waals surface area contributed by atoms with Crippen molar-refractivity contribution in [1.82, 2.24) is 5.32 Å². The maximum absolute atomic E-state index is 9.51. The van der Waals surface area contributed by atoms with Gasteiger partial charge in [-0.2, -0.15) is 0 Å². The summed E-state index contributed by atoms with van der Waals surface area (Å²) >= 11 is 1.49. The van der Waals surface area contributed by atoms with E-state index < -0.39 is 24.9 Å². The van der Waals surface area contributed by atoms with Crippen molar-refractivity contribution in [2.24, 2.45) is 0 Å². The zero-order valence-corrected chi connectivity index (χ0v) is 7.94. The van der Waals surface area contributed by atoms with Gasteiger partial charge in [-0.15, -0.1) is 11.8 Å². The van der Waals surface area contributed by atoms with Gasteiger partial charge in [0.15, 0.2) is 0 Å². The molecule has 6 heteroatoms. The smallest absolute Gasteiger partial charge is 0.110 e. The van der Waals surface area contributed by atoms with E-state index >= 15 is 0 Å². The molecule has 4 atom stereocenters. The Morgan fingerprint density at radius 2 is 2.08 bits per heavy atom. The molecule has 1 aliphatic heterocycles. The fourth-order valence-electron chi connectivity index (χ4n) is 1.18. The van der Waals surface area contributed by atoms with Crippen molar-refractivity contribution in [2.75, 3.05) is 18.9 Å². The highest BCUT2D eigenvalue weighted by atomic mass is 32.2. The van der Waals surface area contributed by atoms with Crippen molar-refractivity contribution in [2.45, 2.75) is 23.7 Å². The summed E-state index contributed by atoms with van der Waals surface area (Å²) in [6.45, 7) is 0.240. The Morgan fingerprint density at radius 3 is 2.54 bits per heavy atom. The first kappa shape index (κ1) is 11.2. The van der Waals surface area contributed by atoms with E-state index in [-0.39, 0.29) is 5.37 Å². The molecule has 0 aliphatic carbocycles. The average molecular weight is 209 g/mol. The predicted molar refractivity (Wildman–Crippen MR) is 49.4 cm³/mol. The number of aliphatic hydroxyl groups is 4. The molecule has 5 nitrogen and oxygen atoms in total. The lowest BCUT2D eigenvalue weighted by molar-refractivity contribution is -0.0777. The minimum Gasteiger partial charge on any atom is -0.394 e. The highest BCUT2D eigenvalue weighted by Gasteiger charge is 2.32. The Kier molecular flexibility index (Phi) is 4.43. The van der Waals surface area contributed by atoms with Gasteiger partial charge in [0.1, 0.15) is 18.3 Å². The van der Waals surface area contributed by atoms with Crippen molar-refractivity contribution < 1.29 is 20.4 Å². The molecular formula is C7H15NO4S. The molecule has 0 aromatic rings. The lowest BCUT2D eigenvalue weighted by atomic mass is 10.1. The third kappa shape index (κ3) is 2.80. The molecule has 0 radical (unpaired) electrons. The zero-order chi connectivity index (χ0) is 9.84. The summed E-state index contributed by atoms with van der Waals surface area (Å²) in [5.74, 6) is 0.879. The largest absolute Gasteiger partial charge is 0.394 e. The molecule has 0 aromatic heterocycles. The van der Waals surface area contributed by atoms with Crippen LogP contribution >= 0.6 is 11.8 Å². The van der Waals surface area contributed by atoms with Crippen LogP contribution in [0, 0.1) is 0 Å². The number of nitrogens with one attached hydrogen (secondary N) is 1. The lowest BCUT2D eigenvalue weighted by Crippen LogP contribution is -2.47. The number of aliphatic hydroxyl groups excluding tert-OH is 4. The van der Waals surface area contributed by atoms with Gasteiger partial charge in [0.25, 0.3) is 0 Å². The highest BCUT2D eigenvalue weighted by molar-refractivity contribution is 8.00. The summed E-state index contributed by atoms with van der Waals surface area (Å²) in [5, 5.41) is 39.2. The van der Waals surface area contributed by atoms with Gasteiger partial charge in [0.2, 0.25) is 0 Å². The van der Waals surface area contributed by atoms with Crippen LogP contribution in [0.4, 0.5) is 0 Å². The quantitative estimate of drug-likeness (QED) is 0.358. The maximum Gasteiger partial charge on any atom is 0.110 e. The molecule has 0 bridgehead atoms. The van der Waals surface area contributed by atoms with E-state index in [1.54, 1.807) is 0 Å². The van der Waals surface area contributed by atoms with E-state index in [1.807, 2.05) is 0 Å². The van der Waals surface area contributed by atoms with Crippen LogP contribution in [0.1, 0.15) is 0 Å². The second-order valence-corrected chi connectivity index (χ2v) is 4.23. The van der Waals surface area contributed by atoms with E-state index in [2.05, 4.69) is 5.32 Å². The first-order valence-electron chi connectivity index (χ1n) is 4.17. The molecule has 13 heavy (non-hydrogen) atoms. The zero-order valence-electron chi connectivity index (χ0n) is 7.13. The standard InChI is InChI=1S/C7H15NO4S/c9-3-4(10)5(11)6(12)7-8-1-2-13-7/h4-12H,1-3H2/t4-,5-,6+,7+/m1/s1. The summed E-state index contributed by atoms with van der Waals surface area (Å²) in [4.78, 5) is 0. The van der Waals surface area contributed by atoms with Gasteiger partial charge < -0.3 is 25.7 Å². The van der Waals surface area contributed by atoms with Crippen LogP contribution < -0.4 is 5.32 Å². The summed E-state index contributed by atoms with van der Waals surface area (Å²) in [5.41, 5.74) is 0. The van der Waals surface area contributed by atoms with E-state index in [0.717, 1.165) is 12.3 Å². The summed E-state index contributed by atoms with van der Waals surface area (Å²) in [6, 6.07) is 0. The Morgan fingerprint density at radius 1 is 1.38 bits per heavy atom.